The van der Waals surface area contributed by atoms with E-state index < -0.39 is 5.91 Å². The van der Waals surface area contributed by atoms with Crippen LogP contribution in [-0.2, 0) is 21.7 Å². The first kappa shape index (κ1) is 34.4. The van der Waals surface area contributed by atoms with E-state index in [1.54, 1.807) is 24.3 Å². The van der Waals surface area contributed by atoms with E-state index in [0.29, 0.717) is 5.56 Å². The summed E-state index contributed by atoms with van der Waals surface area (Å²) in [5, 5.41) is 2.66. The first-order chi connectivity index (χ1) is 8.77. The number of carbonyl (C=O) groups excluding carboxylic acids is 1. The van der Waals surface area contributed by atoms with Crippen LogP contribution in [0.25, 0.3) is 16.5 Å². The van der Waals surface area contributed by atoms with E-state index in [2.05, 4.69) is 42.5 Å². The van der Waals surface area contributed by atoms with Gasteiger partial charge in [-0.25, -0.2) is 0 Å². The molecule has 0 aliphatic carbocycles. The van der Waals surface area contributed by atoms with Gasteiger partial charge in [-0.1, -0.05) is 36.4 Å². The number of benzene rings is 2. The molecule has 0 spiro atoms. The third-order valence-electron chi connectivity index (χ3n) is 2.58. The predicted octanol–water partition coefficient (Wildman–Crippen LogP) is -1.04. The second-order valence-corrected chi connectivity index (χ2v) is 3.85. The number of fused-ring (bicyclic) bond motifs is 1. The van der Waals surface area contributed by atoms with Crippen LogP contribution in [0.3, 0.4) is 0 Å². The van der Waals surface area contributed by atoms with E-state index in [0.717, 1.165) is 0 Å². The molecular weight excluding hydrogens is 393 g/mol. The summed E-state index contributed by atoms with van der Waals surface area (Å²) in [6.07, 6.45) is 0. The fourth-order valence-electron chi connectivity index (χ4n) is 1.66. The fraction of sp³-hybridized carbons (Fsp3) is 0. The van der Waals surface area contributed by atoms with Gasteiger partial charge in [0.25, 0.3) is 0 Å². The normalized spacial score (nSPS) is 7.17. The molecule has 0 saturated carbocycles. The van der Waals surface area contributed by atoms with E-state index in [-0.39, 0.29) is 72.4 Å². The number of halogens is 2. The Labute approximate surface area is 177 Å². The maximum Gasteiger partial charge on any atom is 2.00 e. The van der Waals surface area contributed by atoms with Gasteiger partial charge in [0.1, 0.15) is 0 Å². The van der Waals surface area contributed by atoms with Crippen LogP contribution in [0.15, 0.2) is 72.8 Å². The summed E-state index contributed by atoms with van der Waals surface area (Å²) in [5.41, 5.74) is 7.12. The van der Waals surface area contributed by atoms with Crippen molar-refractivity contribution in [2.24, 2.45) is 0 Å². The van der Waals surface area contributed by atoms with Crippen LogP contribution < -0.4 is 24.8 Å². The molecule has 0 saturated heterocycles. The van der Waals surface area contributed by atoms with Crippen LogP contribution >= 0.6 is 0 Å². The zero-order chi connectivity index (χ0) is 12.8. The molecule has 0 fully saturated rings. The summed E-state index contributed by atoms with van der Waals surface area (Å²) in [5.74, 6) is -0.629. The maximum absolute atomic E-state index is 10.3. The second-order valence-electron chi connectivity index (χ2n) is 3.85. The smallest absolute Gasteiger partial charge is 1.00 e. The van der Waals surface area contributed by atoms with E-state index in [1.807, 2.05) is 6.07 Å². The van der Waals surface area contributed by atoms with Crippen LogP contribution in [0.4, 0.5) is 0 Å². The Morgan fingerprint density at radius 2 is 1.33 bits per heavy atom. The van der Waals surface area contributed by atoms with Gasteiger partial charge in [0.15, 0.2) is 0 Å². The molecule has 3 aromatic carbocycles. The second kappa shape index (κ2) is 18.4. The number of hydrogen-bond donors (Lipinski definition) is 0. The number of hydrogen-bond acceptors (Lipinski definition) is 1. The average molecular weight is 412 g/mol. The minimum absolute atomic E-state index is 0. The van der Waals surface area contributed by atoms with Crippen LogP contribution in [0.5, 0.6) is 0 Å². The van der Waals surface area contributed by atoms with Crippen molar-refractivity contribution in [3.63, 3.8) is 0 Å². The largest absolute Gasteiger partial charge is 2.00 e. The van der Waals surface area contributed by atoms with Crippen molar-refractivity contribution in [3.8, 4) is 0 Å². The molecule has 24 heavy (non-hydrogen) atoms. The maximum atomic E-state index is 10.3. The van der Waals surface area contributed by atoms with Gasteiger partial charge in [-0.2, -0.15) is 17.5 Å². The minimum atomic E-state index is -0.629. The van der Waals surface area contributed by atoms with Crippen molar-refractivity contribution in [1.29, 1.82) is 0 Å². The van der Waals surface area contributed by atoms with Crippen LogP contribution in [-0.4, -0.2) is 16.9 Å². The molecule has 6 heteroatoms. The molecule has 3 aromatic rings. The number of nitrogens with one attached hydrogen (secondary N) is 1. The van der Waals surface area contributed by atoms with Crippen molar-refractivity contribution >= 4 is 27.6 Å². The standard InChI is InChI=1S/C9H7.C7H7NO.2CH3.2ClH.Si.Ti/c1-2-5-9-7-3-6-8(9)4-1;8-7(9)6-4-2-1-3-5-6;;;;;;/h1-7H;1-5H,(H2,8,9);2*1H3;2*1H;;/q-1;;2*-1;;;;+2/p-3. The number of carbonyl (C=O) groups is 1. The van der Waals surface area contributed by atoms with Gasteiger partial charge < -0.3 is 50.2 Å². The zero-order valence-electron chi connectivity index (χ0n) is 13.6. The van der Waals surface area contributed by atoms with Gasteiger partial charge in [0.05, 0.1) is 5.91 Å². The van der Waals surface area contributed by atoms with Crippen LogP contribution in [0.2, 0.25) is 0 Å². The molecule has 2 nitrogen and oxygen atoms in total. The van der Waals surface area contributed by atoms with E-state index in [9.17, 15) is 4.79 Å². The van der Waals surface area contributed by atoms with Gasteiger partial charge in [-0.3, -0.25) is 0 Å². The van der Waals surface area contributed by atoms with Gasteiger partial charge in [0.2, 0.25) is 0 Å². The minimum Gasteiger partial charge on any atom is -1.00 e. The number of rotatable bonds is 1. The Balaban J connectivity index is -0.0000000802. The summed E-state index contributed by atoms with van der Waals surface area (Å²) in [6, 6.07) is 23.2. The average Bonchev–Trinajstić information content (AvgIpc) is 2.89. The first-order valence-corrected chi connectivity index (χ1v) is 5.69. The SMILES string of the molecule is [CH3-].[CH3-].[Cl-].[Cl-].[NH-]C(=O)c1ccccc1.[Si].[Ti+2].c1ccc2[cH-]ccc2c1. The number of amides is 1. The molecule has 0 bridgehead atoms. The third-order valence-corrected chi connectivity index (χ3v) is 2.58. The van der Waals surface area contributed by atoms with E-state index in [4.69, 9.17) is 5.73 Å². The van der Waals surface area contributed by atoms with Gasteiger partial charge in [-0.05, 0) is 5.56 Å². The molecule has 0 heterocycles. The topological polar surface area (TPSA) is 40.9 Å². The molecule has 128 valence electrons. The Morgan fingerprint density at radius 3 is 1.79 bits per heavy atom. The van der Waals surface area contributed by atoms with Crippen molar-refractivity contribution in [2.45, 2.75) is 0 Å². The Kier molecular flexibility index (Phi) is 26.3. The predicted molar refractivity (Wildman–Crippen MR) is 93.2 cm³/mol. The van der Waals surface area contributed by atoms with Crippen molar-refractivity contribution in [1.82, 2.24) is 0 Å². The van der Waals surface area contributed by atoms with Gasteiger partial charge >= 0.3 is 21.7 Å². The molecule has 1 amide bonds. The summed E-state index contributed by atoms with van der Waals surface area (Å²) >= 11 is 0. The molecule has 1 N–H and O–H groups in total. The summed E-state index contributed by atoms with van der Waals surface area (Å²) in [7, 11) is 0. The van der Waals surface area contributed by atoms with Crippen molar-refractivity contribution < 1.29 is 51.3 Å². The van der Waals surface area contributed by atoms with Gasteiger partial charge in [0, 0.05) is 11.0 Å². The molecule has 0 aliphatic rings. The quantitative estimate of drug-likeness (QED) is 0.372. The zero-order valence-corrected chi connectivity index (χ0v) is 17.7. The molecule has 3 rings (SSSR count). The van der Waals surface area contributed by atoms with Gasteiger partial charge in [-0.15, -0.1) is 29.7 Å². The third kappa shape index (κ3) is 10.7. The summed E-state index contributed by atoms with van der Waals surface area (Å²) < 4.78 is 0. The van der Waals surface area contributed by atoms with E-state index in [1.165, 1.54) is 10.8 Å². The molecule has 4 radical (unpaired) electrons. The molecule has 0 aliphatic heterocycles. The Morgan fingerprint density at radius 1 is 0.833 bits per heavy atom. The van der Waals surface area contributed by atoms with E-state index >= 15 is 0 Å². The fourth-order valence-corrected chi connectivity index (χ4v) is 1.66. The Hall–Kier alpha value is -0.969. The van der Waals surface area contributed by atoms with Crippen LogP contribution in [0.1, 0.15) is 10.4 Å². The monoisotopic (exact) mass is 411 g/mol. The summed E-state index contributed by atoms with van der Waals surface area (Å²) in [6.45, 7) is 0. The molecule has 0 atom stereocenters. The van der Waals surface area contributed by atoms with Crippen molar-refractivity contribution in [2.75, 3.05) is 0 Å². The first-order valence-electron chi connectivity index (χ1n) is 5.69. The van der Waals surface area contributed by atoms with Crippen molar-refractivity contribution in [3.05, 3.63) is 98.9 Å². The van der Waals surface area contributed by atoms with Crippen LogP contribution in [0, 0.1) is 14.9 Å². The molecule has 0 aromatic heterocycles. The Bertz CT molecular complexity index is 617. The molecular formula is C18H19Cl2NOSiTi-4. The molecule has 0 unspecified atom stereocenters. The summed E-state index contributed by atoms with van der Waals surface area (Å²) in [4.78, 5) is 10.3.